The molecule has 0 bridgehead atoms. The minimum absolute atomic E-state index is 0.0659. The topological polar surface area (TPSA) is 44.8 Å². The second-order valence-corrected chi connectivity index (χ2v) is 3.66. The number of allylic oxidation sites excluding steroid dienone is 2. The maximum Gasteiger partial charge on any atom is 0.337 e. The van der Waals surface area contributed by atoms with E-state index in [-0.39, 0.29) is 24.1 Å². The van der Waals surface area contributed by atoms with Gasteiger partial charge >= 0.3 is 5.97 Å². The Balaban J connectivity index is 2.23. The van der Waals surface area contributed by atoms with Gasteiger partial charge in [-0.05, 0) is 6.42 Å². The summed E-state index contributed by atoms with van der Waals surface area (Å²) in [5.41, 5.74) is 0.574. The number of carbonyl (C=O) groups is 1. The summed E-state index contributed by atoms with van der Waals surface area (Å²) in [4.78, 5) is 11.5. The summed E-state index contributed by atoms with van der Waals surface area (Å²) in [5.74, 6) is -0.0728. The molecule has 2 aliphatic rings. The molecule has 0 aromatic rings. The molecular formula is C11H14O4. The molecule has 0 spiro atoms. The summed E-state index contributed by atoms with van der Waals surface area (Å²) in [7, 11) is 2.98. The van der Waals surface area contributed by atoms with Crippen molar-refractivity contribution in [3.63, 3.8) is 0 Å². The summed E-state index contributed by atoms with van der Waals surface area (Å²) >= 11 is 0. The first kappa shape index (κ1) is 10.2. The van der Waals surface area contributed by atoms with E-state index < -0.39 is 0 Å². The highest BCUT2D eigenvalue weighted by Gasteiger charge is 2.40. The first-order chi connectivity index (χ1) is 7.27. The van der Waals surface area contributed by atoms with Crippen LogP contribution in [-0.2, 0) is 19.0 Å². The highest BCUT2D eigenvalue weighted by atomic mass is 16.7. The second kappa shape index (κ2) is 4.06. The lowest BCUT2D eigenvalue weighted by Gasteiger charge is -2.31. The van der Waals surface area contributed by atoms with E-state index in [1.54, 1.807) is 7.11 Å². The minimum Gasteiger partial charge on any atom is -0.472 e. The summed E-state index contributed by atoms with van der Waals surface area (Å²) in [6, 6.07) is 0. The van der Waals surface area contributed by atoms with E-state index in [0.717, 1.165) is 6.42 Å². The molecular weight excluding hydrogens is 196 g/mol. The van der Waals surface area contributed by atoms with Crippen LogP contribution < -0.4 is 0 Å². The number of ether oxygens (including phenoxy) is 3. The van der Waals surface area contributed by atoms with Gasteiger partial charge in [0.2, 0.25) is 6.29 Å². The van der Waals surface area contributed by atoms with Crippen LogP contribution in [0.25, 0.3) is 0 Å². The van der Waals surface area contributed by atoms with Crippen molar-refractivity contribution >= 4 is 5.97 Å². The SMILES string of the molecule is COC(=O)C1=COC(OC)[C@@H]2CC=C[C@H]12. The van der Waals surface area contributed by atoms with Gasteiger partial charge in [0.15, 0.2) is 0 Å². The Bertz CT molecular complexity index is 319. The Kier molecular flexibility index (Phi) is 2.77. The Hall–Kier alpha value is -1.29. The molecule has 1 unspecified atom stereocenters. The van der Waals surface area contributed by atoms with E-state index in [0.29, 0.717) is 5.57 Å². The van der Waals surface area contributed by atoms with Gasteiger partial charge in [-0.3, -0.25) is 0 Å². The zero-order valence-electron chi connectivity index (χ0n) is 8.80. The molecule has 0 N–H and O–H groups in total. The number of carbonyl (C=O) groups excluding carboxylic acids is 1. The molecule has 4 nitrogen and oxygen atoms in total. The predicted octanol–water partition coefficient (Wildman–Crippen LogP) is 1.24. The second-order valence-electron chi connectivity index (χ2n) is 3.66. The van der Waals surface area contributed by atoms with Crippen molar-refractivity contribution in [1.29, 1.82) is 0 Å². The van der Waals surface area contributed by atoms with Crippen molar-refractivity contribution in [3.8, 4) is 0 Å². The maximum atomic E-state index is 11.5. The normalized spacial score (nSPS) is 32.9. The average Bonchev–Trinajstić information content (AvgIpc) is 2.75. The lowest BCUT2D eigenvalue weighted by atomic mass is 9.87. The molecule has 3 atom stereocenters. The van der Waals surface area contributed by atoms with E-state index in [2.05, 4.69) is 0 Å². The van der Waals surface area contributed by atoms with Crippen LogP contribution in [0.1, 0.15) is 6.42 Å². The number of rotatable bonds is 2. The minimum atomic E-state index is -0.328. The van der Waals surface area contributed by atoms with Gasteiger partial charge < -0.3 is 14.2 Å². The fourth-order valence-electron chi connectivity index (χ4n) is 2.14. The molecule has 82 valence electrons. The van der Waals surface area contributed by atoms with Crippen molar-refractivity contribution in [1.82, 2.24) is 0 Å². The highest BCUT2D eigenvalue weighted by Crippen LogP contribution is 2.38. The van der Waals surface area contributed by atoms with E-state index in [4.69, 9.17) is 14.2 Å². The first-order valence-electron chi connectivity index (χ1n) is 4.91. The monoisotopic (exact) mass is 210 g/mol. The van der Waals surface area contributed by atoms with Crippen LogP contribution in [0.15, 0.2) is 24.0 Å². The zero-order chi connectivity index (χ0) is 10.8. The molecule has 15 heavy (non-hydrogen) atoms. The van der Waals surface area contributed by atoms with Gasteiger partial charge in [0.25, 0.3) is 0 Å². The van der Waals surface area contributed by atoms with Gasteiger partial charge in [0.1, 0.15) is 0 Å². The molecule has 4 heteroatoms. The Morgan fingerprint density at radius 2 is 2.33 bits per heavy atom. The van der Waals surface area contributed by atoms with Crippen molar-refractivity contribution in [2.45, 2.75) is 12.7 Å². The first-order valence-corrected chi connectivity index (χ1v) is 4.91. The van der Waals surface area contributed by atoms with Crippen LogP contribution in [0.5, 0.6) is 0 Å². The van der Waals surface area contributed by atoms with Crippen LogP contribution in [-0.4, -0.2) is 26.5 Å². The lowest BCUT2D eigenvalue weighted by Crippen LogP contribution is -2.34. The molecule has 0 saturated carbocycles. The third kappa shape index (κ3) is 1.65. The largest absolute Gasteiger partial charge is 0.472 e. The smallest absolute Gasteiger partial charge is 0.337 e. The van der Waals surface area contributed by atoms with Gasteiger partial charge in [-0.25, -0.2) is 4.79 Å². The number of hydrogen-bond donors (Lipinski definition) is 0. The van der Waals surface area contributed by atoms with Crippen molar-refractivity contribution in [2.75, 3.05) is 14.2 Å². The summed E-state index contributed by atoms with van der Waals surface area (Å²) in [5, 5.41) is 0. The van der Waals surface area contributed by atoms with Gasteiger partial charge in [-0.2, -0.15) is 0 Å². The Morgan fingerprint density at radius 1 is 1.53 bits per heavy atom. The average molecular weight is 210 g/mol. The van der Waals surface area contributed by atoms with Crippen LogP contribution in [0.4, 0.5) is 0 Å². The van der Waals surface area contributed by atoms with Crippen LogP contribution >= 0.6 is 0 Å². The Morgan fingerprint density at radius 3 is 3.00 bits per heavy atom. The fraction of sp³-hybridized carbons (Fsp3) is 0.545. The van der Waals surface area contributed by atoms with Crippen LogP contribution in [0.2, 0.25) is 0 Å². The molecule has 0 aromatic carbocycles. The predicted molar refractivity (Wildman–Crippen MR) is 52.7 cm³/mol. The van der Waals surface area contributed by atoms with Gasteiger partial charge in [0.05, 0.1) is 18.9 Å². The number of esters is 1. The molecule has 0 radical (unpaired) electrons. The van der Waals surface area contributed by atoms with E-state index in [9.17, 15) is 4.79 Å². The third-order valence-electron chi connectivity index (χ3n) is 2.90. The van der Waals surface area contributed by atoms with Gasteiger partial charge in [-0.15, -0.1) is 0 Å². The molecule has 0 aromatic heterocycles. The summed E-state index contributed by atoms with van der Waals surface area (Å²) < 4.78 is 15.3. The van der Waals surface area contributed by atoms with Crippen molar-refractivity contribution in [3.05, 3.63) is 24.0 Å². The molecule has 0 amide bonds. The molecule has 1 aliphatic carbocycles. The highest BCUT2D eigenvalue weighted by molar-refractivity contribution is 5.89. The lowest BCUT2D eigenvalue weighted by molar-refractivity contribution is -0.147. The molecule has 0 fully saturated rings. The van der Waals surface area contributed by atoms with Crippen molar-refractivity contribution < 1.29 is 19.0 Å². The van der Waals surface area contributed by atoms with Gasteiger partial charge in [0, 0.05) is 18.9 Å². The van der Waals surface area contributed by atoms with Crippen LogP contribution in [0, 0.1) is 11.8 Å². The molecule has 1 heterocycles. The standard InChI is InChI=1S/C11H14O4/c1-13-10(12)9-6-15-11(14-2)8-5-3-4-7(8)9/h3-4,6-8,11H,5H2,1-2H3/t7-,8+,11?/m0/s1. The van der Waals surface area contributed by atoms with E-state index >= 15 is 0 Å². The van der Waals surface area contributed by atoms with Crippen LogP contribution in [0.3, 0.4) is 0 Å². The third-order valence-corrected chi connectivity index (χ3v) is 2.90. The van der Waals surface area contributed by atoms with Gasteiger partial charge in [-0.1, -0.05) is 12.2 Å². The quantitative estimate of drug-likeness (QED) is 0.508. The number of methoxy groups -OCH3 is 2. The number of hydrogen-bond acceptors (Lipinski definition) is 4. The van der Waals surface area contributed by atoms with E-state index in [1.807, 2.05) is 12.2 Å². The molecule has 2 rings (SSSR count). The summed E-state index contributed by atoms with van der Waals surface area (Å²) in [6.45, 7) is 0. The van der Waals surface area contributed by atoms with E-state index in [1.165, 1.54) is 13.4 Å². The van der Waals surface area contributed by atoms with Crippen molar-refractivity contribution in [2.24, 2.45) is 11.8 Å². The summed E-state index contributed by atoms with van der Waals surface area (Å²) in [6.07, 6.45) is 6.13. The fourth-order valence-corrected chi connectivity index (χ4v) is 2.14. The number of fused-ring (bicyclic) bond motifs is 1. The zero-order valence-corrected chi connectivity index (χ0v) is 8.80. The Labute approximate surface area is 88.5 Å². The molecule has 0 saturated heterocycles. The molecule has 1 aliphatic heterocycles. The maximum absolute atomic E-state index is 11.5.